The molecule has 0 aliphatic rings. The molecule has 0 aliphatic heterocycles. The van der Waals surface area contributed by atoms with Gasteiger partial charge in [-0.05, 0) is 19.1 Å². The Kier molecular flexibility index (Phi) is 3.44. The van der Waals surface area contributed by atoms with Gasteiger partial charge in [0.15, 0.2) is 0 Å². The molecule has 0 bridgehead atoms. The van der Waals surface area contributed by atoms with E-state index in [4.69, 9.17) is 4.42 Å². The van der Waals surface area contributed by atoms with Crippen molar-refractivity contribution in [3.8, 4) is 0 Å². The summed E-state index contributed by atoms with van der Waals surface area (Å²) < 4.78 is 7.45. The average Bonchev–Trinajstić information content (AvgIpc) is 2.97. The first-order valence-corrected chi connectivity index (χ1v) is 5.61. The van der Waals surface area contributed by atoms with E-state index in [0.717, 1.165) is 11.6 Å². The highest BCUT2D eigenvalue weighted by Gasteiger charge is 2.21. The van der Waals surface area contributed by atoms with Gasteiger partial charge in [-0.25, -0.2) is 4.98 Å². The molecule has 0 radical (unpaired) electrons. The lowest BCUT2D eigenvalue weighted by atomic mass is 10.1. The quantitative estimate of drug-likeness (QED) is 0.803. The third-order valence-corrected chi connectivity index (χ3v) is 2.73. The normalized spacial score (nSPS) is 14.5. The zero-order valence-electron chi connectivity index (χ0n) is 10.1. The van der Waals surface area contributed by atoms with Crippen molar-refractivity contribution in [2.45, 2.75) is 19.0 Å². The van der Waals surface area contributed by atoms with E-state index in [9.17, 15) is 0 Å². The number of aryl methyl sites for hydroxylation is 1. The molecule has 90 valence electrons. The third-order valence-electron chi connectivity index (χ3n) is 2.73. The largest absolute Gasteiger partial charge is 0.467 e. The summed E-state index contributed by atoms with van der Waals surface area (Å²) in [5.74, 6) is 1.78. The van der Waals surface area contributed by atoms with Crippen molar-refractivity contribution < 1.29 is 4.42 Å². The van der Waals surface area contributed by atoms with Crippen LogP contribution < -0.4 is 5.32 Å². The predicted molar refractivity (Wildman–Crippen MR) is 66.6 cm³/mol. The molecule has 2 aromatic heterocycles. The monoisotopic (exact) mass is 231 g/mol. The number of aromatic nitrogens is 2. The molecule has 17 heavy (non-hydrogen) atoms. The molecular weight excluding hydrogens is 214 g/mol. The Morgan fingerprint density at radius 3 is 2.94 bits per heavy atom. The summed E-state index contributed by atoms with van der Waals surface area (Å²) in [5, 5.41) is 3.42. The maximum atomic E-state index is 5.47. The topological polar surface area (TPSA) is 43.0 Å². The van der Waals surface area contributed by atoms with Gasteiger partial charge in [0.05, 0.1) is 6.26 Å². The summed E-state index contributed by atoms with van der Waals surface area (Å²) in [6, 6.07) is 3.95. The van der Waals surface area contributed by atoms with Crippen LogP contribution in [0.25, 0.3) is 0 Å². The van der Waals surface area contributed by atoms with Gasteiger partial charge in [0, 0.05) is 25.5 Å². The number of nitrogens with zero attached hydrogens (tertiary/aromatic N) is 2. The van der Waals surface area contributed by atoms with Crippen molar-refractivity contribution in [2.24, 2.45) is 7.05 Å². The van der Waals surface area contributed by atoms with Gasteiger partial charge in [-0.1, -0.05) is 6.08 Å². The lowest BCUT2D eigenvalue weighted by molar-refractivity contribution is 0.418. The van der Waals surface area contributed by atoms with E-state index < -0.39 is 0 Å². The van der Waals surface area contributed by atoms with Crippen LogP contribution in [-0.4, -0.2) is 15.6 Å². The Labute approximate surface area is 101 Å². The Hall–Kier alpha value is -1.81. The number of imidazole rings is 1. The van der Waals surface area contributed by atoms with E-state index in [0.29, 0.717) is 0 Å². The molecule has 0 saturated heterocycles. The van der Waals surface area contributed by atoms with E-state index in [2.05, 4.69) is 16.9 Å². The molecule has 2 atom stereocenters. The van der Waals surface area contributed by atoms with Crippen molar-refractivity contribution in [1.82, 2.24) is 14.9 Å². The van der Waals surface area contributed by atoms with Gasteiger partial charge in [0.1, 0.15) is 17.6 Å². The van der Waals surface area contributed by atoms with Gasteiger partial charge >= 0.3 is 0 Å². The summed E-state index contributed by atoms with van der Waals surface area (Å²) >= 11 is 0. The van der Waals surface area contributed by atoms with Crippen LogP contribution in [0.3, 0.4) is 0 Å². The van der Waals surface area contributed by atoms with Crippen molar-refractivity contribution in [1.29, 1.82) is 0 Å². The Bertz CT molecular complexity index is 473. The smallest absolute Gasteiger partial charge is 0.133 e. The minimum Gasteiger partial charge on any atom is -0.467 e. The van der Waals surface area contributed by atoms with Crippen LogP contribution in [0.15, 0.2) is 47.9 Å². The van der Waals surface area contributed by atoms with Crippen LogP contribution in [0.1, 0.15) is 24.6 Å². The minimum atomic E-state index is -0.0574. The fourth-order valence-electron chi connectivity index (χ4n) is 1.73. The molecule has 0 aliphatic carbocycles. The first-order chi connectivity index (χ1) is 8.22. The summed E-state index contributed by atoms with van der Waals surface area (Å²) in [4.78, 5) is 4.37. The lowest BCUT2D eigenvalue weighted by Crippen LogP contribution is -2.31. The SMILES string of the molecule is C=CC(C)NC(c1ccco1)c1nccn1C. The lowest BCUT2D eigenvalue weighted by Gasteiger charge is -2.19. The number of hydrogen-bond acceptors (Lipinski definition) is 3. The maximum Gasteiger partial charge on any atom is 0.133 e. The molecule has 0 saturated carbocycles. The van der Waals surface area contributed by atoms with Crippen LogP contribution >= 0.6 is 0 Å². The highest BCUT2D eigenvalue weighted by Crippen LogP contribution is 2.21. The second kappa shape index (κ2) is 5.01. The fraction of sp³-hybridized carbons (Fsp3) is 0.308. The van der Waals surface area contributed by atoms with E-state index in [1.165, 1.54) is 0 Å². The van der Waals surface area contributed by atoms with Crippen molar-refractivity contribution in [3.63, 3.8) is 0 Å². The molecule has 2 heterocycles. The molecule has 4 nitrogen and oxygen atoms in total. The molecule has 1 N–H and O–H groups in total. The molecule has 2 unspecified atom stereocenters. The van der Waals surface area contributed by atoms with Gasteiger partial charge in [0.25, 0.3) is 0 Å². The van der Waals surface area contributed by atoms with Gasteiger partial charge in [0.2, 0.25) is 0 Å². The van der Waals surface area contributed by atoms with E-state index in [1.807, 2.05) is 42.9 Å². The summed E-state index contributed by atoms with van der Waals surface area (Å²) in [7, 11) is 1.97. The van der Waals surface area contributed by atoms with Crippen molar-refractivity contribution in [2.75, 3.05) is 0 Å². The third kappa shape index (κ3) is 2.47. The Morgan fingerprint density at radius 1 is 1.59 bits per heavy atom. The van der Waals surface area contributed by atoms with Crippen molar-refractivity contribution >= 4 is 0 Å². The van der Waals surface area contributed by atoms with Gasteiger partial charge in [-0.15, -0.1) is 6.58 Å². The first kappa shape index (κ1) is 11.7. The number of rotatable bonds is 5. The number of hydrogen-bond donors (Lipinski definition) is 1. The van der Waals surface area contributed by atoms with Crippen LogP contribution in [0, 0.1) is 0 Å². The number of nitrogens with one attached hydrogen (secondary N) is 1. The highest BCUT2D eigenvalue weighted by molar-refractivity contribution is 5.16. The molecule has 2 aromatic rings. The first-order valence-electron chi connectivity index (χ1n) is 5.61. The van der Waals surface area contributed by atoms with Gasteiger partial charge in [-0.3, -0.25) is 5.32 Å². The van der Waals surface area contributed by atoms with E-state index in [1.54, 1.807) is 12.5 Å². The molecular formula is C13H17N3O. The molecule has 0 aromatic carbocycles. The molecule has 4 heteroatoms. The van der Waals surface area contributed by atoms with Crippen LogP contribution in [0.2, 0.25) is 0 Å². The summed E-state index contributed by atoms with van der Waals surface area (Å²) in [6.45, 7) is 5.83. The Morgan fingerprint density at radius 2 is 2.41 bits per heavy atom. The molecule has 0 amide bonds. The molecule has 0 spiro atoms. The van der Waals surface area contributed by atoms with Crippen LogP contribution in [0.4, 0.5) is 0 Å². The fourth-order valence-corrected chi connectivity index (χ4v) is 1.73. The standard InChI is InChI=1S/C13H17N3O/c1-4-10(2)15-12(11-6-5-9-17-11)13-14-7-8-16(13)3/h4-10,12,15H,1H2,2-3H3. The van der Waals surface area contributed by atoms with Gasteiger partial charge < -0.3 is 8.98 Å². The average molecular weight is 231 g/mol. The van der Waals surface area contributed by atoms with Crippen LogP contribution in [-0.2, 0) is 7.05 Å². The molecule has 2 rings (SSSR count). The van der Waals surface area contributed by atoms with Gasteiger partial charge in [-0.2, -0.15) is 0 Å². The zero-order chi connectivity index (χ0) is 12.3. The van der Waals surface area contributed by atoms with Crippen molar-refractivity contribution in [3.05, 3.63) is 55.0 Å². The second-order valence-corrected chi connectivity index (χ2v) is 4.04. The minimum absolute atomic E-state index is 0.0574. The maximum absolute atomic E-state index is 5.47. The summed E-state index contributed by atoms with van der Waals surface area (Å²) in [5.41, 5.74) is 0. The summed E-state index contributed by atoms with van der Waals surface area (Å²) in [6.07, 6.45) is 7.24. The Balaban J connectivity index is 2.31. The van der Waals surface area contributed by atoms with E-state index in [-0.39, 0.29) is 12.1 Å². The number of furan rings is 1. The highest BCUT2D eigenvalue weighted by atomic mass is 16.3. The zero-order valence-corrected chi connectivity index (χ0v) is 10.1. The second-order valence-electron chi connectivity index (χ2n) is 4.04. The molecule has 0 fully saturated rings. The van der Waals surface area contributed by atoms with Crippen LogP contribution in [0.5, 0.6) is 0 Å². The van der Waals surface area contributed by atoms with E-state index >= 15 is 0 Å². The predicted octanol–water partition coefficient (Wildman–Crippen LogP) is 2.27.